The number of benzene rings is 1. The van der Waals surface area contributed by atoms with Crippen LogP contribution < -0.4 is 10.6 Å². The summed E-state index contributed by atoms with van der Waals surface area (Å²) in [5.41, 5.74) is 1.05. The van der Waals surface area contributed by atoms with Gasteiger partial charge in [0.05, 0.1) is 10.6 Å². The highest BCUT2D eigenvalue weighted by molar-refractivity contribution is 6.34. The zero-order valence-electron chi connectivity index (χ0n) is 15.0. The van der Waals surface area contributed by atoms with Crippen LogP contribution in [0.25, 0.3) is 0 Å². The van der Waals surface area contributed by atoms with Crippen LogP contribution in [0.3, 0.4) is 0 Å². The molecular formula is C18H27Cl2N3O2. The van der Waals surface area contributed by atoms with Gasteiger partial charge in [-0.15, -0.1) is 12.4 Å². The van der Waals surface area contributed by atoms with Gasteiger partial charge in [-0.3, -0.25) is 9.59 Å². The first-order valence-electron chi connectivity index (χ1n) is 8.46. The van der Waals surface area contributed by atoms with Crippen LogP contribution in [-0.4, -0.2) is 43.4 Å². The molecule has 0 spiro atoms. The molecule has 25 heavy (non-hydrogen) atoms. The number of carbonyl (C=O) groups is 2. The summed E-state index contributed by atoms with van der Waals surface area (Å²) in [6.45, 7) is 6.04. The van der Waals surface area contributed by atoms with Gasteiger partial charge in [-0.25, -0.2) is 0 Å². The lowest BCUT2D eigenvalue weighted by molar-refractivity contribution is -0.118. The smallest absolute Gasteiger partial charge is 0.255 e. The van der Waals surface area contributed by atoms with E-state index in [4.69, 9.17) is 11.6 Å². The average molecular weight is 388 g/mol. The molecule has 1 saturated heterocycles. The molecule has 0 aliphatic carbocycles. The molecule has 140 valence electrons. The Morgan fingerprint density at radius 2 is 2.08 bits per heavy atom. The zero-order valence-corrected chi connectivity index (χ0v) is 16.5. The topological polar surface area (TPSA) is 61.4 Å². The van der Waals surface area contributed by atoms with Crippen molar-refractivity contribution in [2.75, 3.05) is 32.0 Å². The molecule has 1 aromatic rings. The van der Waals surface area contributed by atoms with Crippen LogP contribution in [-0.2, 0) is 4.79 Å². The molecule has 5 nitrogen and oxygen atoms in total. The van der Waals surface area contributed by atoms with Crippen LogP contribution in [0.4, 0.5) is 5.69 Å². The third-order valence-corrected chi connectivity index (χ3v) is 4.62. The molecule has 2 rings (SSSR count). The first-order valence-corrected chi connectivity index (χ1v) is 8.84. The molecule has 1 aliphatic rings. The second kappa shape index (κ2) is 10.00. The number of rotatable bonds is 5. The largest absolute Gasteiger partial charge is 0.338 e. The van der Waals surface area contributed by atoms with Crippen LogP contribution in [0, 0.1) is 11.8 Å². The molecule has 0 bridgehead atoms. The minimum Gasteiger partial charge on any atom is -0.338 e. The number of amides is 2. The summed E-state index contributed by atoms with van der Waals surface area (Å²) in [5, 5.41) is 6.41. The van der Waals surface area contributed by atoms with Crippen molar-refractivity contribution in [1.29, 1.82) is 0 Å². The second-order valence-electron chi connectivity index (χ2n) is 6.66. The Morgan fingerprint density at radius 3 is 2.72 bits per heavy atom. The normalized spacial score (nSPS) is 17.2. The predicted molar refractivity (Wildman–Crippen MR) is 105 cm³/mol. The molecule has 1 heterocycles. The standard InChI is InChI=1S/C18H26ClN3O2.ClH/c1-12(2)17(23)21-14-6-7-16(19)15(9-14)18(24)22-8-4-5-13(11-22)10-20-3;/h6-7,9,12-13,20H,4-5,8,10-11H2,1-3H3,(H,21,23);1H. The number of nitrogens with zero attached hydrogens (tertiary/aromatic N) is 1. The Hall–Kier alpha value is -1.30. The summed E-state index contributed by atoms with van der Waals surface area (Å²) < 4.78 is 0. The number of anilines is 1. The van der Waals surface area contributed by atoms with Crippen molar-refractivity contribution < 1.29 is 9.59 Å². The van der Waals surface area contributed by atoms with Gasteiger partial charge in [0.1, 0.15) is 0 Å². The maximum atomic E-state index is 12.9. The van der Waals surface area contributed by atoms with Crippen molar-refractivity contribution in [3.05, 3.63) is 28.8 Å². The van der Waals surface area contributed by atoms with Gasteiger partial charge < -0.3 is 15.5 Å². The van der Waals surface area contributed by atoms with Crippen LogP contribution in [0.15, 0.2) is 18.2 Å². The highest BCUT2D eigenvalue weighted by atomic mass is 35.5. The fraction of sp³-hybridized carbons (Fsp3) is 0.556. The van der Waals surface area contributed by atoms with E-state index in [-0.39, 0.29) is 30.1 Å². The van der Waals surface area contributed by atoms with Crippen LogP contribution in [0.5, 0.6) is 0 Å². The highest BCUT2D eigenvalue weighted by Crippen LogP contribution is 2.25. The maximum absolute atomic E-state index is 12.9. The van der Waals surface area contributed by atoms with Crippen molar-refractivity contribution in [3.8, 4) is 0 Å². The van der Waals surface area contributed by atoms with Crippen molar-refractivity contribution in [2.45, 2.75) is 26.7 Å². The lowest BCUT2D eigenvalue weighted by atomic mass is 9.97. The van der Waals surface area contributed by atoms with Crippen molar-refractivity contribution >= 4 is 41.5 Å². The monoisotopic (exact) mass is 387 g/mol. The van der Waals surface area contributed by atoms with E-state index in [9.17, 15) is 9.59 Å². The molecule has 2 N–H and O–H groups in total. The minimum atomic E-state index is -0.121. The van der Waals surface area contributed by atoms with Crippen LogP contribution in [0.1, 0.15) is 37.0 Å². The SMILES string of the molecule is CNCC1CCCN(C(=O)c2cc(NC(=O)C(C)C)ccc2Cl)C1.Cl. The van der Waals surface area contributed by atoms with Crippen LogP contribution in [0.2, 0.25) is 5.02 Å². The number of halogens is 2. The molecule has 1 unspecified atom stereocenters. The molecule has 0 radical (unpaired) electrons. The van der Waals surface area contributed by atoms with Crippen LogP contribution >= 0.6 is 24.0 Å². The average Bonchev–Trinajstić information content (AvgIpc) is 2.56. The van der Waals surface area contributed by atoms with E-state index in [1.165, 1.54) is 0 Å². The number of hydrogen-bond donors (Lipinski definition) is 2. The summed E-state index contributed by atoms with van der Waals surface area (Å²) in [6, 6.07) is 5.06. The van der Waals surface area contributed by atoms with E-state index in [1.807, 2.05) is 25.8 Å². The Balaban J connectivity index is 0.00000312. The molecule has 0 saturated carbocycles. The molecule has 1 fully saturated rings. The second-order valence-corrected chi connectivity index (χ2v) is 7.06. The zero-order chi connectivity index (χ0) is 17.7. The van der Waals surface area contributed by atoms with E-state index in [0.29, 0.717) is 22.2 Å². The molecule has 1 aromatic carbocycles. The Morgan fingerprint density at radius 1 is 1.36 bits per heavy atom. The summed E-state index contributed by atoms with van der Waals surface area (Å²) in [7, 11) is 1.93. The number of piperidine rings is 1. The summed E-state index contributed by atoms with van der Waals surface area (Å²) in [5.74, 6) is 0.198. The molecular weight excluding hydrogens is 361 g/mol. The van der Waals surface area contributed by atoms with Crippen molar-refractivity contribution in [2.24, 2.45) is 11.8 Å². The number of nitrogens with one attached hydrogen (secondary N) is 2. The maximum Gasteiger partial charge on any atom is 0.255 e. The Labute approximate surface area is 160 Å². The first kappa shape index (κ1) is 21.7. The Kier molecular flexibility index (Phi) is 8.69. The van der Waals surface area contributed by atoms with E-state index in [2.05, 4.69) is 10.6 Å². The fourth-order valence-electron chi connectivity index (χ4n) is 2.93. The number of likely N-dealkylation sites (tertiary alicyclic amines) is 1. The molecule has 1 aliphatic heterocycles. The molecule has 0 aromatic heterocycles. The summed E-state index contributed by atoms with van der Waals surface area (Å²) in [6.07, 6.45) is 2.13. The third kappa shape index (κ3) is 5.87. The quantitative estimate of drug-likeness (QED) is 0.813. The van der Waals surface area contributed by atoms with Crippen molar-refractivity contribution in [1.82, 2.24) is 10.2 Å². The van der Waals surface area contributed by atoms with Gasteiger partial charge in [-0.1, -0.05) is 25.4 Å². The Bertz CT molecular complexity index is 606. The third-order valence-electron chi connectivity index (χ3n) is 4.29. The summed E-state index contributed by atoms with van der Waals surface area (Å²) in [4.78, 5) is 26.6. The van der Waals surface area contributed by atoms with Crippen molar-refractivity contribution in [3.63, 3.8) is 0 Å². The predicted octanol–water partition coefficient (Wildman–Crippen LogP) is 3.43. The number of hydrogen-bond acceptors (Lipinski definition) is 3. The van der Waals surface area contributed by atoms with Gasteiger partial charge in [0.25, 0.3) is 5.91 Å². The summed E-state index contributed by atoms with van der Waals surface area (Å²) >= 11 is 6.23. The van der Waals surface area contributed by atoms with E-state index >= 15 is 0 Å². The van der Waals surface area contributed by atoms with Gasteiger partial charge >= 0.3 is 0 Å². The highest BCUT2D eigenvalue weighted by Gasteiger charge is 2.25. The van der Waals surface area contributed by atoms with Gasteiger partial charge in [0.2, 0.25) is 5.91 Å². The number of carbonyl (C=O) groups excluding carboxylic acids is 2. The van der Waals surface area contributed by atoms with E-state index < -0.39 is 0 Å². The van der Waals surface area contributed by atoms with Gasteiger partial charge in [-0.2, -0.15) is 0 Å². The molecule has 1 atom stereocenters. The first-order chi connectivity index (χ1) is 11.4. The molecule has 2 amide bonds. The van der Waals surface area contributed by atoms with Gasteiger partial charge in [0, 0.05) is 24.7 Å². The van der Waals surface area contributed by atoms with E-state index in [1.54, 1.807) is 18.2 Å². The fourth-order valence-corrected chi connectivity index (χ4v) is 3.13. The van der Waals surface area contributed by atoms with Gasteiger partial charge in [-0.05, 0) is 50.6 Å². The minimum absolute atomic E-state index is 0. The molecule has 7 heteroatoms. The van der Waals surface area contributed by atoms with Gasteiger partial charge in [0.15, 0.2) is 0 Å². The lowest BCUT2D eigenvalue weighted by Crippen LogP contribution is -2.42. The van der Waals surface area contributed by atoms with E-state index in [0.717, 1.165) is 32.5 Å². The lowest BCUT2D eigenvalue weighted by Gasteiger charge is -2.33.